The third-order valence-electron chi connectivity index (χ3n) is 16.8. The van der Waals surface area contributed by atoms with Crippen LogP contribution in [0.15, 0.2) is 127 Å². The molecule has 0 N–H and O–H groups in total. The van der Waals surface area contributed by atoms with E-state index < -0.39 is 0 Å². The van der Waals surface area contributed by atoms with Crippen molar-refractivity contribution in [3.63, 3.8) is 0 Å². The van der Waals surface area contributed by atoms with E-state index in [1.165, 1.54) is 151 Å². The van der Waals surface area contributed by atoms with Gasteiger partial charge in [-0.15, -0.1) is 0 Å². The van der Waals surface area contributed by atoms with Gasteiger partial charge in [0, 0.05) is 49.2 Å². The summed E-state index contributed by atoms with van der Waals surface area (Å²) < 4.78 is 5.48. The first kappa shape index (κ1) is 40.9. The molecule has 0 unspecified atom stereocenters. The van der Waals surface area contributed by atoms with Crippen molar-refractivity contribution in [2.45, 2.75) is 118 Å². The maximum absolute atomic E-state index is 2.78. The number of hydrogen-bond acceptors (Lipinski definition) is 0. The van der Waals surface area contributed by atoms with Gasteiger partial charge in [-0.05, 0) is 163 Å². The molecule has 0 spiro atoms. The lowest BCUT2D eigenvalue weighted by molar-refractivity contribution is 0.332. The van der Waals surface area contributed by atoms with E-state index in [-0.39, 0.29) is 28.5 Å². The van der Waals surface area contributed by atoms with E-state index in [4.69, 9.17) is 0 Å². The Labute approximate surface area is 396 Å². The summed E-state index contributed by atoms with van der Waals surface area (Å²) in [5, 5.41) is 7.91. The fraction of sp³-hybridized carbons (Fsp3) is 0.281. The van der Waals surface area contributed by atoms with Crippen molar-refractivity contribution < 1.29 is 0 Å². The maximum Gasteiger partial charge on any atom is 0.333 e. The van der Waals surface area contributed by atoms with E-state index in [0.717, 1.165) is 0 Å². The van der Waals surface area contributed by atoms with Crippen LogP contribution in [0.1, 0.15) is 115 Å². The van der Waals surface area contributed by atoms with Crippen molar-refractivity contribution in [2.24, 2.45) is 0 Å². The number of aryl methyl sites for hydroxylation is 2. The van der Waals surface area contributed by atoms with Crippen molar-refractivity contribution in [2.75, 3.05) is 0 Å². The number of nitrogens with zero attached hydrogens (tertiary/aromatic N) is 2. The van der Waals surface area contributed by atoms with Crippen LogP contribution in [0.5, 0.6) is 0 Å². The van der Waals surface area contributed by atoms with Crippen LogP contribution in [0.4, 0.5) is 0 Å². The smallest absolute Gasteiger partial charge is 0.333 e. The van der Waals surface area contributed by atoms with Crippen LogP contribution >= 0.6 is 0 Å². The molecule has 3 aliphatic rings. The van der Waals surface area contributed by atoms with Crippen LogP contribution in [-0.4, -0.2) is 15.9 Å². The van der Waals surface area contributed by atoms with Gasteiger partial charge in [-0.3, -0.25) is 0 Å². The van der Waals surface area contributed by atoms with E-state index in [1.807, 2.05) is 0 Å². The normalized spacial score (nSPS) is 15.9. The van der Waals surface area contributed by atoms with Gasteiger partial charge in [0.1, 0.15) is 0 Å². The molecule has 13 rings (SSSR count). The second kappa shape index (κ2) is 13.2. The minimum Gasteiger partial charge on any atom is -0.375 e. The molecule has 0 saturated heterocycles. The molecule has 8 aromatic carbocycles. The molecule has 10 aromatic rings. The number of rotatable bonds is 2. The predicted octanol–water partition coefficient (Wildman–Crippen LogP) is 15.9. The van der Waals surface area contributed by atoms with Gasteiger partial charge in [0.2, 0.25) is 0 Å². The minimum absolute atomic E-state index is 0.0116. The summed E-state index contributed by atoms with van der Waals surface area (Å²) >= 11 is 0. The van der Waals surface area contributed by atoms with E-state index in [9.17, 15) is 0 Å². The Bertz CT molecular complexity index is 3850. The largest absolute Gasteiger partial charge is 0.375 e. The van der Waals surface area contributed by atoms with Gasteiger partial charge in [-0.25, -0.2) is 0 Å². The first-order valence-electron chi connectivity index (χ1n) is 24.8. The third kappa shape index (κ3) is 5.64. The third-order valence-corrected chi connectivity index (χ3v) is 16.8. The van der Waals surface area contributed by atoms with Crippen molar-refractivity contribution in [3.8, 4) is 39.1 Å². The lowest BCUT2D eigenvalue weighted by Crippen LogP contribution is -2.55. The molecular weight excluding hydrogens is 808 g/mol. The maximum atomic E-state index is 2.78. The summed E-state index contributed by atoms with van der Waals surface area (Å²) in [4.78, 5) is 0. The van der Waals surface area contributed by atoms with E-state index in [0.29, 0.717) is 0 Å². The molecule has 330 valence electrons. The van der Waals surface area contributed by atoms with Crippen molar-refractivity contribution >= 4 is 72.2 Å². The molecule has 0 amide bonds. The second-order valence-electron chi connectivity index (χ2n) is 24.2. The number of hydrogen-bond donors (Lipinski definition) is 0. The molecule has 67 heavy (non-hydrogen) atoms. The van der Waals surface area contributed by atoms with Crippen LogP contribution < -0.4 is 10.9 Å². The van der Waals surface area contributed by atoms with Gasteiger partial charge < -0.3 is 9.05 Å². The van der Waals surface area contributed by atoms with Crippen molar-refractivity contribution in [1.29, 1.82) is 0 Å². The zero-order valence-electron chi connectivity index (χ0n) is 41.5. The summed E-state index contributed by atoms with van der Waals surface area (Å²) in [5.74, 6) is 0. The average molecular weight is 869 g/mol. The van der Waals surface area contributed by atoms with E-state index in [2.05, 4.69) is 220 Å². The molecule has 2 nitrogen and oxygen atoms in total. The van der Waals surface area contributed by atoms with Gasteiger partial charge >= 0.3 is 6.85 Å². The molecule has 2 aromatic heterocycles. The Morgan fingerprint density at radius 1 is 0.493 bits per heavy atom. The number of fused-ring (bicyclic) bond motifs is 13. The predicted molar refractivity (Wildman–Crippen MR) is 290 cm³/mol. The molecule has 0 bridgehead atoms. The monoisotopic (exact) mass is 868 g/mol. The van der Waals surface area contributed by atoms with Gasteiger partial charge in [-0.2, -0.15) is 0 Å². The molecule has 0 atom stereocenters. The standard InChI is InChI=1S/C64H61BN2/c1-36-17-18-37(2)46(27-36)41-29-48-51-35-43(62(6,7)8)34-50-47-33-42(61(3,4)5)21-24-55(47)67(59(50)51)65-54-31-40(39-20-23-52-53(30-39)64(11,12)26-25-63(52,9)10)28-49-45-22-19-38-15-13-14-16-44(38)58(45)66(60(49)54)56(32-41)57(48)65/h13-24,27-35H,25-26H2,1-12H3. The minimum atomic E-state index is -0.0513. The summed E-state index contributed by atoms with van der Waals surface area (Å²) in [7, 11) is 0. The highest BCUT2D eigenvalue weighted by Gasteiger charge is 2.43. The lowest BCUT2D eigenvalue weighted by Gasteiger charge is -2.42. The molecule has 4 heterocycles. The fourth-order valence-corrected chi connectivity index (χ4v) is 12.8. The zero-order valence-corrected chi connectivity index (χ0v) is 41.5. The molecule has 2 aliphatic heterocycles. The van der Waals surface area contributed by atoms with Crippen LogP contribution in [0.25, 0.3) is 93.5 Å². The molecule has 1 aliphatic carbocycles. The first-order chi connectivity index (χ1) is 31.8. The van der Waals surface area contributed by atoms with Crippen LogP contribution in [0, 0.1) is 13.8 Å². The lowest BCUT2D eigenvalue weighted by atomic mass is 9.45. The Morgan fingerprint density at radius 3 is 2.00 bits per heavy atom. The summed E-state index contributed by atoms with van der Waals surface area (Å²) in [6.07, 6.45) is 2.40. The first-order valence-corrected chi connectivity index (χ1v) is 24.8. The Balaban J connectivity index is 1.24. The van der Waals surface area contributed by atoms with E-state index in [1.54, 1.807) is 0 Å². The van der Waals surface area contributed by atoms with Crippen LogP contribution in [0.3, 0.4) is 0 Å². The van der Waals surface area contributed by atoms with Crippen LogP contribution in [-0.2, 0) is 21.7 Å². The summed E-state index contributed by atoms with van der Waals surface area (Å²) in [5.41, 5.74) is 25.8. The van der Waals surface area contributed by atoms with Gasteiger partial charge in [0.05, 0.1) is 11.0 Å². The van der Waals surface area contributed by atoms with Gasteiger partial charge in [-0.1, -0.05) is 160 Å². The Hall–Kier alpha value is -6.32. The highest BCUT2D eigenvalue weighted by Crippen LogP contribution is 2.50. The molecule has 0 radical (unpaired) electrons. The van der Waals surface area contributed by atoms with E-state index >= 15 is 0 Å². The SMILES string of the molecule is Cc1ccc(C)c(-c2cc3c4c(c2)-n2c5c(cc(-c6ccc7c(c6)C(C)(C)CCC7(C)C)cc5c5ccc6ccccc6c52)B4n2c4ccc(C(C)(C)C)cc4c4cc(C(C)(C)C)cc-3c42)c1. The fourth-order valence-electron chi connectivity index (χ4n) is 12.8. The Morgan fingerprint density at radius 2 is 1.22 bits per heavy atom. The second-order valence-corrected chi connectivity index (χ2v) is 24.2. The summed E-state index contributed by atoms with van der Waals surface area (Å²) in [6, 6.07) is 51.0. The Kier molecular flexibility index (Phi) is 8.07. The quantitative estimate of drug-likeness (QED) is 0.153. The van der Waals surface area contributed by atoms with Crippen molar-refractivity contribution in [3.05, 3.63) is 161 Å². The highest BCUT2D eigenvalue weighted by molar-refractivity contribution is 6.90. The molecule has 0 saturated carbocycles. The molecular formula is C64H61BN2. The average Bonchev–Trinajstić information content (AvgIpc) is 3.81. The summed E-state index contributed by atoms with van der Waals surface area (Å²) in [6.45, 7) is 28.4. The number of benzene rings is 8. The molecule has 0 fully saturated rings. The number of aromatic nitrogens is 2. The van der Waals surface area contributed by atoms with Gasteiger partial charge in [0.25, 0.3) is 0 Å². The topological polar surface area (TPSA) is 9.86 Å². The highest BCUT2D eigenvalue weighted by atomic mass is 15.0. The van der Waals surface area contributed by atoms with Gasteiger partial charge in [0.15, 0.2) is 0 Å². The van der Waals surface area contributed by atoms with Crippen LogP contribution in [0.2, 0.25) is 0 Å². The molecule has 3 heteroatoms. The van der Waals surface area contributed by atoms with Crippen molar-refractivity contribution in [1.82, 2.24) is 9.05 Å². The zero-order chi connectivity index (χ0) is 46.4.